The van der Waals surface area contributed by atoms with Gasteiger partial charge in [0, 0.05) is 11.3 Å². The van der Waals surface area contributed by atoms with Gasteiger partial charge in [-0.3, -0.25) is 9.59 Å². The van der Waals surface area contributed by atoms with Crippen LogP contribution in [0.25, 0.3) is 0 Å². The first-order chi connectivity index (χ1) is 12.1. The lowest BCUT2D eigenvalue weighted by molar-refractivity contribution is -0.115. The molecule has 6 heteroatoms. The maximum absolute atomic E-state index is 12.2. The van der Waals surface area contributed by atoms with E-state index < -0.39 is 0 Å². The van der Waals surface area contributed by atoms with Gasteiger partial charge >= 0.3 is 0 Å². The highest BCUT2D eigenvalue weighted by molar-refractivity contribution is 5.99. The second kappa shape index (κ2) is 8.73. The fourth-order valence-corrected chi connectivity index (χ4v) is 2.31. The molecule has 2 aromatic rings. The van der Waals surface area contributed by atoms with E-state index in [2.05, 4.69) is 10.6 Å². The van der Waals surface area contributed by atoms with Crippen molar-refractivity contribution < 1.29 is 19.1 Å². The van der Waals surface area contributed by atoms with Crippen LogP contribution in [0.15, 0.2) is 42.5 Å². The number of hydrogen-bond donors (Lipinski definition) is 2. The summed E-state index contributed by atoms with van der Waals surface area (Å²) in [6.07, 6.45) is 0.889. The molecule has 0 aliphatic carbocycles. The summed E-state index contributed by atoms with van der Waals surface area (Å²) in [5.74, 6) is 0.337. The second-order valence-corrected chi connectivity index (χ2v) is 5.35. The number of benzene rings is 2. The number of amides is 2. The van der Waals surface area contributed by atoms with Crippen molar-refractivity contribution in [2.45, 2.75) is 13.3 Å². The van der Waals surface area contributed by atoms with E-state index in [1.807, 2.05) is 31.2 Å². The molecule has 0 heterocycles. The lowest BCUT2D eigenvalue weighted by Gasteiger charge is -2.10. The largest absolute Gasteiger partial charge is 0.493 e. The highest BCUT2D eigenvalue weighted by Gasteiger charge is 2.12. The smallest absolute Gasteiger partial charge is 0.251 e. The molecule has 0 aromatic heterocycles. The topological polar surface area (TPSA) is 76.7 Å². The molecule has 0 saturated carbocycles. The molecule has 2 N–H and O–H groups in total. The van der Waals surface area contributed by atoms with E-state index in [1.54, 1.807) is 18.2 Å². The average molecular weight is 342 g/mol. The molecule has 2 amide bonds. The van der Waals surface area contributed by atoms with Crippen molar-refractivity contribution >= 4 is 17.5 Å². The molecule has 0 spiro atoms. The Labute approximate surface area is 147 Å². The van der Waals surface area contributed by atoms with Gasteiger partial charge in [0.25, 0.3) is 5.91 Å². The van der Waals surface area contributed by atoms with Gasteiger partial charge in [0.15, 0.2) is 11.5 Å². The van der Waals surface area contributed by atoms with Gasteiger partial charge in [-0.15, -0.1) is 0 Å². The molecule has 0 saturated heterocycles. The Balaban J connectivity index is 1.93. The van der Waals surface area contributed by atoms with Crippen molar-refractivity contribution in [3.05, 3.63) is 53.6 Å². The minimum atomic E-state index is -0.363. The van der Waals surface area contributed by atoms with Crippen molar-refractivity contribution in [1.29, 1.82) is 0 Å². The normalized spacial score (nSPS) is 10.0. The number of rotatable bonds is 7. The maximum atomic E-state index is 12.2. The third-order valence-electron chi connectivity index (χ3n) is 3.67. The molecule has 0 atom stereocenters. The van der Waals surface area contributed by atoms with Crippen LogP contribution in [-0.4, -0.2) is 32.6 Å². The summed E-state index contributed by atoms with van der Waals surface area (Å²) in [5, 5.41) is 5.35. The van der Waals surface area contributed by atoms with E-state index in [1.165, 1.54) is 14.2 Å². The Kier molecular flexibility index (Phi) is 6.39. The zero-order chi connectivity index (χ0) is 18.2. The molecule has 0 radical (unpaired) electrons. The van der Waals surface area contributed by atoms with Crippen molar-refractivity contribution in [2.24, 2.45) is 0 Å². The van der Waals surface area contributed by atoms with Crippen molar-refractivity contribution in [3.63, 3.8) is 0 Å². The van der Waals surface area contributed by atoms with Gasteiger partial charge in [-0.2, -0.15) is 0 Å². The van der Waals surface area contributed by atoms with Gasteiger partial charge in [0.05, 0.1) is 20.8 Å². The van der Waals surface area contributed by atoms with Gasteiger partial charge in [-0.05, 0) is 42.3 Å². The predicted molar refractivity (Wildman–Crippen MR) is 96.3 cm³/mol. The first-order valence-electron chi connectivity index (χ1n) is 7.96. The van der Waals surface area contributed by atoms with Crippen LogP contribution in [0.5, 0.6) is 11.5 Å². The SMILES string of the molecule is CCc1cccc(NC(=O)CNC(=O)c2ccc(OC)c(OC)c2)c1. The Morgan fingerprint density at radius 2 is 1.76 bits per heavy atom. The highest BCUT2D eigenvalue weighted by atomic mass is 16.5. The van der Waals surface area contributed by atoms with Crippen LogP contribution in [-0.2, 0) is 11.2 Å². The van der Waals surface area contributed by atoms with Gasteiger partial charge in [-0.25, -0.2) is 0 Å². The Morgan fingerprint density at radius 3 is 2.44 bits per heavy atom. The Morgan fingerprint density at radius 1 is 1.00 bits per heavy atom. The molecule has 0 bridgehead atoms. The fraction of sp³-hybridized carbons (Fsp3) is 0.263. The van der Waals surface area contributed by atoms with Crippen LogP contribution < -0.4 is 20.1 Å². The Hall–Kier alpha value is -3.02. The lowest BCUT2D eigenvalue weighted by Crippen LogP contribution is -2.32. The highest BCUT2D eigenvalue weighted by Crippen LogP contribution is 2.27. The molecule has 0 unspecified atom stereocenters. The maximum Gasteiger partial charge on any atom is 0.251 e. The summed E-state index contributed by atoms with van der Waals surface area (Å²) < 4.78 is 10.3. The quantitative estimate of drug-likeness (QED) is 0.811. The molecule has 6 nitrogen and oxygen atoms in total. The predicted octanol–water partition coefficient (Wildman–Crippen LogP) is 2.63. The van der Waals surface area contributed by atoms with Gasteiger partial charge < -0.3 is 20.1 Å². The summed E-state index contributed by atoms with van der Waals surface area (Å²) in [5.41, 5.74) is 2.23. The minimum absolute atomic E-state index is 0.121. The average Bonchev–Trinajstić information content (AvgIpc) is 2.65. The molecule has 25 heavy (non-hydrogen) atoms. The first kappa shape index (κ1) is 18.3. The molecule has 0 fully saturated rings. The summed E-state index contributed by atoms with van der Waals surface area (Å²) in [6, 6.07) is 12.4. The zero-order valence-corrected chi connectivity index (χ0v) is 14.6. The standard InChI is InChI=1S/C19H22N2O4/c1-4-13-6-5-7-15(10-13)21-18(22)12-20-19(23)14-8-9-16(24-2)17(11-14)25-3/h5-11H,4,12H2,1-3H3,(H,20,23)(H,21,22). The molecule has 2 rings (SSSR count). The van der Waals surface area contributed by atoms with Crippen molar-refractivity contribution in [1.82, 2.24) is 5.32 Å². The summed E-state index contributed by atoms with van der Waals surface area (Å²) in [4.78, 5) is 24.2. The number of nitrogens with one attached hydrogen (secondary N) is 2. The molecular formula is C19H22N2O4. The van der Waals surface area contributed by atoms with Gasteiger partial charge in [-0.1, -0.05) is 19.1 Å². The van der Waals surface area contributed by atoms with Crippen molar-refractivity contribution in [2.75, 3.05) is 26.1 Å². The Bertz CT molecular complexity index is 759. The first-order valence-corrected chi connectivity index (χ1v) is 7.96. The lowest BCUT2D eigenvalue weighted by atomic mass is 10.1. The molecule has 0 aliphatic rings. The van der Waals surface area contributed by atoms with Crippen LogP contribution in [0.3, 0.4) is 0 Å². The van der Waals surface area contributed by atoms with E-state index in [0.717, 1.165) is 12.0 Å². The van der Waals surface area contributed by atoms with Crippen LogP contribution in [0, 0.1) is 0 Å². The van der Waals surface area contributed by atoms with E-state index in [0.29, 0.717) is 22.7 Å². The molecular weight excluding hydrogens is 320 g/mol. The third-order valence-corrected chi connectivity index (χ3v) is 3.67. The number of hydrogen-bond acceptors (Lipinski definition) is 4. The third kappa shape index (κ3) is 4.97. The van der Waals surface area contributed by atoms with Crippen LogP contribution >= 0.6 is 0 Å². The van der Waals surface area contributed by atoms with Crippen molar-refractivity contribution in [3.8, 4) is 11.5 Å². The molecule has 2 aromatic carbocycles. The fourth-order valence-electron chi connectivity index (χ4n) is 2.31. The van der Waals surface area contributed by atoms with Crippen LogP contribution in [0.2, 0.25) is 0 Å². The summed E-state index contributed by atoms with van der Waals surface area (Å²) in [7, 11) is 3.02. The number of carbonyl (C=O) groups is 2. The number of anilines is 1. The van der Waals surface area contributed by atoms with E-state index in [-0.39, 0.29) is 18.4 Å². The summed E-state index contributed by atoms with van der Waals surface area (Å²) >= 11 is 0. The van der Waals surface area contributed by atoms with Crippen LogP contribution in [0.1, 0.15) is 22.8 Å². The van der Waals surface area contributed by atoms with Gasteiger partial charge in [0.1, 0.15) is 0 Å². The zero-order valence-electron chi connectivity index (χ0n) is 14.6. The summed E-state index contributed by atoms with van der Waals surface area (Å²) in [6.45, 7) is 1.92. The second-order valence-electron chi connectivity index (χ2n) is 5.35. The minimum Gasteiger partial charge on any atom is -0.493 e. The van der Waals surface area contributed by atoms with Gasteiger partial charge in [0.2, 0.25) is 5.91 Å². The van der Waals surface area contributed by atoms with E-state index >= 15 is 0 Å². The van der Waals surface area contributed by atoms with Crippen LogP contribution in [0.4, 0.5) is 5.69 Å². The number of ether oxygens (including phenoxy) is 2. The molecule has 132 valence electrons. The van der Waals surface area contributed by atoms with E-state index in [9.17, 15) is 9.59 Å². The number of methoxy groups -OCH3 is 2. The molecule has 0 aliphatic heterocycles. The number of aryl methyl sites for hydroxylation is 1. The monoisotopic (exact) mass is 342 g/mol. The number of carbonyl (C=O) groups excluding carboxylic acids is 2. The van der Waals surface area contributed by atoms with E-state index in [4.69, 9.17) is 9.47 Å².